The van der Waals surface area contributed by atoms with Crippen LogP contribution in [0.3, 0.4) is 0 Å². The van der Waals surface area contributed by atoms with E-state index in [9.17, 15) is 14.4 Å². The average molecular weight is 808 g/mol. The van der Waals surface area contributed by atoms with Gasteiger partial charge in [-0.05, 0) is 120 Å². The number of ketones is 1. The number of carbonyl (C=O) groups is 1. The SMILES string of the molecule is C=CC(C)=O.CC/C=C(/Nc1c/c(=c2/ccc(F)c3c2=C(C#N)C(=N)S3)c(F)c/c1=C(/C)N(CC)C(CCC(C)C)C(C)C)OC.CSC1CC2CCCN2C1. The lowest BCUT2D eigenvalue weighted by Gasteiger charge is -2.37. The normalized spacial score (nSPS) is 19.3. The molecule has 3 atom stereocenters. The molecule has 0 radical (unpaired) electrons. The molecule has 2 aromatic carbocycles. The molecule has 2 fully saturated rings. The molecule has 306 valence electrons. The minimum Gasteiger partial charge on any atom is -0.483 e. The van der Waals surface area contributed by atoms with Crippen LogP contribution in [-0.4, -0.2) is 71.0 Å². The number of allylic oxidation sites excluding steroid dienone is 2. The number of hydrogen-bond acceptors (Lipinski definition) is 9. The van der Waals surface area contributed by atoms with Crippen LogP contribution in [0.4, 0.5) is 14.5 Å². The van der Waals surface area contributed by atoms with E-state index in [-0.39, 0.29) is 37.8 Å². The van der Waals surface area contributed by atoms with Gasteiger partial charge in [0.05, 0.1) is 23.3 Å². The van der Waals surface area contributed by atoms with Gasteiger partial charge in [-0.2, -0.15) is 17.0 Å². The molecule has 3 heterocycles. The largest absolute Gasteiger partial charge is 0.483 e. The van der Waals surface area contributed by atoms with E-state index in [4.69, 9.17) is 10.1 Å². The molecule has 0 amide bonds. The minimum absolute atomic E-state index is 0.0185. The van der Waals surface area contributed by atoms with Crippen LogP contribution < -0.4 is 15.8 Å². The van der Waals surface area contributed by atoms with Crippen LogP contribution >= 0.6 is 23.5 Å². The summed E-state index contributed by atoms with van der Waals surface area (Å²) >= 11 is 2.94. The Morgan fingerprint density at radius 2 is 1.88 bits per heavy atom. The predicted octanol–water partition coefficient (Wildman–Crippen LogP) is 9.58. The topological polar surface area (TPSA) is 92.5 Å². The van der Waals surface area contributed by atoms with Gasteiger partial charge in [0.25, 0.3) is 0 Å². The second-order valence-electron chi connectivity index (χ2n) is 15.3. The van der Waals surface area contributed by atoms with Crippen LogP contribution in [0, 0.1) is 50.6 Å². The summed E-state index contributed by atoms with van der Waals surface area (Å²) in [6.45, 7) is 23.3. The first-order valence-electron chi connectivity index (χ1n) is 19.9. The number of halogens is 2. The summed E-state index contributed by atoms with van der Waals surface area (Å²) in [5, 5.41) is 23.8. The average Bonchev–Trinajstić information content (AvgIpc) is 3.87. The molecule has 11 heteroatoms. The monoisotopic (exact) mass is 807 g/mol. The van der Waals surface area contributed by atoms with E-state index in [1.165, 1.54) is 63.6 Å². The molecule has 2 aromatic rings. The van der Waals surface area contributed by atoms with Crippen molar-refractivity contribution in [3.8, 4) is 6.07 Å². The summed E-state index contributed by atoms with van der Waals surface area (Å²) in [7, 11) is 1.58. The molecule has 7 nitrogen and oxygen atoms in total. The summed E-state index contributed by atoms with van der Waals surface area (Å²) in [6, 6.07) is 9.25. The number of fused-ring (bicyclic) bond motifs is 2. The molecule has 3 unspecified atom stereocenters. The van der Waals surface area contributed by atoms with E-state index in [1.807, 2.05) is 37.8 Å². The third kappa shape index (κ3) is 12.0. The highest BCUT2D eigenvalue weighted by Crippen LogP contribution is 2.33. The van der Waals surface area contributed by atoms with Crippen molar-refractivity contribution in [1.82, 2.24) is 9.80 Å². The quantitative estimate of drug-likeness (QED) is 0.153. The Labute approximate surface area is 342 Å². The van der Waals surface area contributed by atoms with Crippen LogP contribution in [-0.2, 0) is 9.53 Å². The molecule has 2 N–H and O–H groups in total. The second-order valence-corrected chi connectivity index (χ2v) is 17.4. The lowest BCUT2D eigenvalue weighted by Crippen LogP contribution is -2.39. The first kappa shape index (κ1) is 46.8. The fraction of sp³-hybridized carbons (Fsp3) is 0.533. The minimum atomic E-state index is -0.532. The lowest BCUT2D eigenvalue weighted by atomic mass is 9.93. The van der Waals surface area contributed by atoms with Crippen LogP contribution in [0.25, 0.3) is 11.3 Å². The summed E-state index contributed by atoms with van der Waals surface area (Å²) in [6.07, 6.45) is 12.7. The lowest BCUT2D eigenvalue weighted by molar-refractivity contribution is -0.112. The van der Waals surface area contributed by atoms with Gasteiger partial charge in [0.2, 0.25) is 0 Å². The van der Waals surface area contributed by atoms with Crippen LogP contribution in [0.15, 0.2) is 53.8 Å². The number of methoxy groups -OCH3 is 1. The van der Waals surface area contributed by atoms with E-state index < -0.39 is 11.6 Å². The molecule has 56 heavy (non-hydrogen) atoms. The maximum atomic E-state index is 16.2. The Bertz CT molecular complexity index is 2000. The molecule has 2 saturated heterocycles. The Hall–Kier alpha value is -3.59. The molecular formula is C45H63F2N5O2S2. The van der Waals surface area contributed by atoms with Crippen LogP contribution in [0.5, 0.6) is 0 Å². The summed E-state index contributed by atoms with van der Waals surface area (Å²) in [5.74, 6) is 0.513. The molecule has 0 bridgehead atoms. The molecule has 0 aliphatic carbocycles. The van der Waals surface area contributed by atoms with Crippen molar-refractivity contribution >= 4 is 51.3 Å². The zero-order valence-corrected chi connectivity index (χ0v) is 36.8. The van der Waals surface area contributed by atoms with Crippen molar-refractivity contribution in [2.75, 3.05) is 38.3 Å². The number of hydrogen-bond donors (Lipinski definition) is 2. The molecule has 5 rings (SSSR count). The molecule has 3 aliphatic heterocycles. The highest BCUT2D eigenvalue weighted by molar-refractivity contribution is 8.15. The van der Waals surface area contributed by atoms with Crippen LogP contribution in [0.2, 0.25) is 0 Å². The third-order valence-corrected chi connectivity index (χ3v) is 12.7. The zero-order valence-electron chi connectivity index (χ0n) is 35.2. The summed E-state index contributed by atoms with van der Waals surface area (Å²) in [5.41, 5.74) is 1.63. The highest BCUT2D eigenvalue weighted by atomic mass is 32.2. The number of nitriles is 1. The molecule has 0 aromatic heterocycles. The van der Waals surface area contributed by atoms with E-state index in [0.717, 1.165) is 54.6 Å². The fourth-order valence-electron chi connectivity index (χ4n) is 7.63. The predicted molar refractivity (Wildman–Crippen MR) is 233 cm³/mol. The van der Waals surface area contributed by atoms with Crippen molar-refractivity contribution in [3.05, 3.63) is 81.4 Å². The van der Waals surface area contributed by atoms with E-state index in [2.05, 4.69) is 62.6 Å². The number of anilines is 1. The molecule has 0 spiro atoms. The Morgan fingerprint density at radius 3 is 2.41 bits per heavy atom. The Morgan fingerprint density at radius 1 is 1.18 bits per heavy atom. The van der Waals surface area contributed by atoms with Gasteiger partial charge < -0.3 is 15.0 Å². The Kier molecular flexibility index (Phi) is 18.7. The molecular weight excluding hydrogens is 745 g/mol. The Balaban J connectivity index is 0.000000462. The van der Waals surface area contributed by atoms with E-state index >= 15 is 4.39 Å². The van der Waals surface area contributed by atoms with Gasteiger partial charge in [-0.15, -0.1) is 0 Å². The number of thioether (sulfide) groups is 2. The maximum absolute atomic E-state index is 16.2. The third-order valence-electron chi connectivity index (χ3n) is 10.6. The fourth-order valence-corrected chi connectivity index (χ4v) is 9.32. The summed E-state index contributed by atoms with van der Waals surface area (Å²) < 4.78 is 36.5. The first-order valence-corrected chi connectivity index (χ1v) is 22.0. The van der Waals surface area contributed by atoms with E-state index in [0.29, 0.717) is 33.8 Å². The standard InChI is InChI=1S/C33H42F2N4OS.C8H15NS.C4H6O/c1-9-11-30(40-8)38-28-17-24(22-13-14-26(34)32-31(22)25(18-36)33(37)41-32)27(35)16-23(28)21(7)39(10-2)29(20(5)6)15-12-19(3)4;1-10-8-5-7-3-2-4-9(7)6-8;1-3-4(2)5/h11,13-14,16-17,19-20,29,37-38H,9-10,12,15H2,1-8H3;7-8H,2-6H2,1H3;3H,1H2,2H3/b23-21+,24-22+,30-11-,37-33?;;. The maximum Gasteiger partial charge on any atom is 0.186 e. The number of carbonyl (C=O) groups excluding carboxylic acids is 1. The number of ether oxygens (including phenoxy) is 1. The number of nitrogens with one attached hydrogen (secondary N) is 2. The molecule has 3 aliphatic rings. The molecule has 0 saturated carbocycles. The smallest absolute Gasteiger partial charge is 0.186 e. The van der Waals surface area contributed by atoms with Crippen molar-refractivity contribution in [2.24, 2.45) is 11.8 Å². The zero-order chi connectivity index (χ0) is 41.7. The van der Waals surface area contributed by atoms with Crippen molar-refractivity contribution in [2.45, 2.75) is 116 Å². The van der Waals surface area contributed by atoms with Crippen molar-refractivity contribution in [1.29, 1.82) is 10.7 Å². The number of nitrogens with zero attached hydrogens (tertiary/aromatic N) is 3. The number of benzene rings is 2. The van der Waals surface area contributed by atoms with Gasteiger partial charge in [0, 0.05) is 51.8 Å². The van der Waals surface area contributed by atoms with Gasteiger partial charge in [0.15, 0.2) is 11.7 Å². The van der Waals surface area contributed by atoms with Gasteiger partial charge in [-0.3, -0.25) is 15.1 Å². The summed E-state index contributed by atoms with van der Waals surface area (Å²) in [4.78, 5) is 14.9. The van der Waals surface area contributed by atoms with Crippen molar-refractivity contribution in [3.63, 3.8) is 0 Å². The second kappa shape index (κ2) is 22.4. The van der Waals surface area contributed by atoms with Gasteiger partial charge in [0.1, 0.15) is 22.7 Å². The van der Waals surface area contributed by atoms with Gasteiger partial charge in [-0.1, -0.05) is 59.0 Å². The number of rotatable bonds is 13. The van der Waals surface area contributed by atoms with E-state index in [1.54, 1.807) is 13.2 Å². The van der Waals surface area contributed by atoms with Crippen molar-refractivity contribution < 1.29 is 18.3 Å². The first-order chi connectivity index (χ1) is 26.6. The van der Waals surface area contributed by atoms with Crippen LogP contribution in [0.1, 0.15) is 93.9 Å². The van der Waals surface area contributed by atoms with Gasteiger partial charge >= 0.3 is 0 Å². The highest BCUT2D eigenvalue weighted by Gasteiger charge is 2.34. The van der Waals surface area contributed by atoms with Gasteiger partial charge in [-0.25, -0.2) is 8.78 Å².